The highest BCUT2D eigenvalue weighted by molar-refractivity contribution is 7.15. The van der Waals surface area contributed by atoms with Crippen LogP contribution in [0.15, 0.2) is 42.5 Å². The second kappa shape index (κ2) is 10.7. The summed E-state index contributed by atoms with van der Waals surface area (Å²) in [6.07, 6.45) is 1.74. The molecule has 0 saturated heterocycles. The van der Waals surface area contributed by atoms with E-state index in [0.29, 0.717) is 35.2 Å². The van der Waals surface area contributed by atoms with Crippen LogP contribution in [-0.2, 0) is 30.7 Å². The van der Waals surface area contributed by atoms with Crippen LogP contribution >= 0.6 is 11.3 Å². The van der Waals surface area contributed by atoms with Gasteiger partial charge < -0.3 is 19.5 Å². The minimum atomic E-state index is -0.0703. The number of carbonyl (C=O) groups is 1. The van der Waals surface area contributed by atoms with Crippen molar-refractivity contribution >= 4 is 22.4 Å². The maximum Gasteiger partial charge on any atom is 0.226 e. The third-order valence-corrected chi connectivity index (χ3v) is 6.71. The molecular formula is C25H29N3O4S. The van der Waals surface area contributed by atoms with Crippen molar-refractivity contribution in [3.63, 3.8) is 0 Å². The van der Waals surface area contributed by atoms with Crippen molar-refractivity contribution in [3.05, 3.63) is 64.2 Å². The SMILES string of the molecule is COc1ccc(CCC(=O)Nc2nc3c(s2)CN(Cc2ccccc2)CC3)c(OC)c1OC. The predicted molar refractivity (Wildman–Crippen MR) is 129 cm³/mol. The lowest BCUT2D eigenvalue weighted by Crippen LogP contribution is -2.29. The van der Waals surface area contributed by atoms with E-state index in [2.05, 4.69) is 39.5 Å². The van der Waals surface area contributed by atoms with E-state index in [9.17, 15) is 4.79 Å². The van der Waals surface area contributed by atoms with Crippen LogP contribution in [0.25, 0.3) is 0 Å². The molecule has 0 unspecified atom stereocenters. The smallest absolute Gasteiger partial charge is 0.226 e. The van der Waals surface area contributed by atoms with Gasteiger partial charge in [-0.15, -0.1) is 11.3 Å². The van der Waals surface area contributed by atoms with E-state index in [1.54, 1.807) is 32.7 Å². The number of methoxy groups -OCH3 is 3. The van der Waals surface area contributed by atoms with Crippen molar-refractivity contribution in [2.75, 3.05) is 33.2 Å². The molecule has 7 nitrogen and oxygen atoms in total. The van der Waals surface area contributed by atoms with Crippen molar-refractivity contribution in [2.24, 2.45) is 0 Å². The van der Waals surface area contributed by atoms with E-state index in [4.69, 9.17) is 14.2 Å². The molecule has 33 heavy (non-hydrogen) atoms. The molecule has 0 bridgehead atoms. The Labute approximate surface area is 198 Å². The molecular weight excluding hydrogens is 438 g/mol. The Hall–Kier alpha value is -3.10. The Kier molecular flexibility index (Phi) is 7.47. The zero-order chi connectivity index (χ0) is 23.2. The molecule has 0 fully saturated rings. The average molecular weight is 468 g/mol. The zero-order valence-corrected chi connectivity index (χ0v) is 20.0. The van der Waals surface area contributed by atoms with E-state index >= 15 is 0 Å². The number of fused-ring (bicyclic) bond motifs is 1. The highest BCUT2D eigenvalue weighted by atomic mass is 32.1. The fraction of sp³-hybridized carbons (Fsp3) is 0.360. The van der Waals surface area contributed by atoms with Crippen LogP contribution in [0.4, 0.5) is 5.13 Å². The molecule has 0 saturated carbocycles. The molecule has 4 rings (SSSR count). The second-order valence-corrected chi connectivity index (χ2v) is 8.96. The van der Waals surface area contributed by atoms with Crippen LogP contribution in [0.2, 0.25) is 0 Å². The number of amides is 1. The van der Waals surface area contributed by atoms with Crippen molar-refractivity contribution in [2.45, 2.75) is 32.4 Å². The molecule has 0 atom stereocenters. The maximum absolute atomic E-state index is 12.6. The number of anilines is 1. The van der Waals surface area contributed by atoms with Crippen LogP contribution < -0.4 is 19.5 Å². The molecule has 1 aliphatic rings. The fourth-order valence-corrected chi connectivity index (χ4v) is 5.14. The summed E-state index contributed by atoms with van der Waals surface area (Å²) in [5.41, 5.74) is 3.30. The fourth-order valence-electron chi connectivity index (χ4n) is 4.07. The number of ether oxygens (including phenoxy) is 3. The number of aromatic nitrogens is 1. The van der Waals surface area contributed by atoms with Gasteiger partial charge in [-0.05, 0) is 23.6 Å². The van der Waals surface area contributed by atoms with Gasteiger partial charge in [0.2, 0.25) is 11.7 Å². The van der Waals surface area contributed by atoms with E-state index in [-0.39, 0.29) is 5.91 Å². The highest BCUT2D eigenvalue weighted by Crippen LogP contribution is 2.40. The molecule has 0 aliphatic carbocycles. The van der Waals surface area contributed by atoms with Gasteiger partial charge in [0.05, 0.1) is 27.0 Å². The van der Waals surface area contributed by atoms with Crippen LogP contribution in [0, 0.1) is 0 Å². The number of nitrogens with zero attached hydrogens (tertiary/aromatic N) is 2. The number of nitrogens with one attached hydrogen (secondary N) is 1. The summed E-state index contributed by atoms with van der Waals surface area (Å²) in [4.78, 5) is 21.0. The molecule has 1 amide bonds. The molecule has 8 heteroatoms. The Balaban J connectivity index is 1.35. The number of hydrogen-bond donors (Lipinski definition) is 1. The van der Waals surface area contributed by atoms with Crippen LogP contribution in [0.1, 0.15) is 28.1 Å². The van der Waals surface area contributed by atoms with Crippen molar-refractivity contribution < 1.29 is 19.0 Å². The summed E-state index contributed by atoms with van der Waals surface area (Å²) >= 11 is 1.57. The van der Waals surface area contributed by atoms with Gasteiger partial charge in [0, 0.05) is 37.4 Å². The number of aryl methyl sites for hydroxylation is 1. The zero-order valence-electron chi connectivity index (χ0n) is 19.2. The van der Waals surface area contributed by atoms with E-state index < -0.39 is 0 Å². The van der Waals surface area contributed by atoms with E-state index in [1.165, 1.54) is 10.4 Å². The Morgan fingerprint density at radius 3 is 2.58 bits per heavy atom. The van der Waals surface area contributed by atoms with Gasteiger partial charge in [-0.1, -0.05) is 36.4 Å². The first-order chi connectivity index (χ1) is 16.1. The monoisotopic (exact) mass is 467 g/mol. The molecule has 174 valence electrons. The molecule has 2 aromatic carbocycles. The number of hydrogen-bond acceptors (Lipinski definition) is 7. The predicted octanol–water partition coefficient (Wildman–Crippen LogP) is 4.30. The Bertz CT molecular complexity index is 1100. The highest BCUT2D eigenvalue weighted by Gasteiger charge is 2.22. The number of rotatable bonds is 9. The summed E-state index contributed by atoms with van der Waals surface area (Å²) in [6.45, 7) is 2.76. The second-order valence-electron chi connectivity index (χ2n) is 7.88. The maximum atomic E-state index is 12.6. The lowest BCUT2D eigenvalue weighted by atomic mass is 10.1. The van der Waals surface area contributed by atoms with Crippen LogP contribution in [0.3, 0.4) is 0 Å². The normalized spacial score (nSPS) is 13.3. The van der Waals surface area contributed by atoms with Gasteiger partial charge in [0.1, 0.15) is 0 Å². The van der Waals surface area contributed by atoms with Gasteiger partial charge in [-0.2, -0.15) is 0 Å². The largest absolute Gasteiger partial charge is 0.493 e. The average Bonchev–Trinajstić information content (AvgIpc) is 3.23. The molecule has 2 heterocycles. The molecule has 0 radical (unpaired) electrons. The molecule has 1 N–H and O–H groups in total. The third kappa shape index (κ3) is 5.46. The third-order valence-electron chi connectivity index (χ3n) is 5.71. The van der Waals surface area contributed by atoms with E-state index in [0.717, 1.165) is 37.3 Å². The minimum Gasteiger partial charge on any atom is -0.493 e. The molecule has 1 aliphatic heterocycles. The first-order valence-electron chi connectivity index (χ1n) is 10.9. The topological polar surface area (TPSA) is 72.9 Å². The van der Waals surface area contributed by atoms with Gasteiger partial charge in [-0.25, -0.2) is 4.98 Å². The standard InChI is InChI=1S/C25H29N3O4S/c1-30-20-11-9-18(23(31-2)24(20)32-3)10-12-22(29)27-25-26-19-13-14-28(16-21(19)33-25)15-17-7-5-4-6-8-17/h4-9,11H,10,12-16H2,1-3H3,(H,26,27,29). The number of benzene rings is 2. The molecule has 1 aromatic heterocycles. The summed E-state index contributed by atoms with van der Waals surface area (Å²) in [6, 6.07) is 14.2. The first kappa shape index (κ1) is 23.1. The lowest BCUT2D eigenvalue weighted by molar-refractivity contribution is -0.116. The Morgan fingerprint density at radius 2 is 1.85 bits per heavy atom. The van der Waals surface area contributed by atoms with E-state index in [1.807, 2.05) is 18.2 Å². The minimum absolute atomic E-state index is 0.0703. The van der Waals surface area contributed by atoms with Gasteiger partial charge >= 0.3 is 0 Å². The quantitative estimate of drug-likeness (QED) is 0.506. The lowest BCUT2D eigenvalue weighted by Gasteiger charge is -2.25. The van der Waals surface area contributed by atoms with Crippen molar-refractivity contribution in [3.8, 4) is 17.2 Å². The van der Waals surface area contributed by atoms with Crippen molar-refractivity contribution in [1.82, 2.24) is 9.88 Å². The van der Waals surface area contributed by atoms with Gasteiger partial charge in [0.15, 0.2) is 16.6 Å². The summed E-state index contributed by atoms with van der Waals surface area (Å²) in [7, 11) is 4.74. The Morgan fingerprint density at radius 1 is 1.06 bits per heavy atom. The molecule has 3 aromatic rings. The van der Waals surface area contributed by atoms with Crippen LogP contribution in [-0.4, -0.2) is 43.7 Å². The first-order valence-corrected chi connectivity index (χ1v) is 11.8. The van der Waals surface area contributed by atoms with Gasteiger partial charge in [-0.3, -0.25) is 9.69 Å². The summed E-state index contributed by atoms with van der Waals surface area (Å²) < 4.78 is 16.3. The number of thiazole rings is 1. The summed E-state index contributed by atoms with van der Waals surface area (Å²) in [5, 5.41) is 3.65. The summed E-state index contributed by atoms with van der Waals surface area (Å²) in [5.74, 6) is 1.65. The van der Waals surface area contributed by atoms with Crippen molar-refractivity contribution in [1.29, 1.82) is 0 Å². The number of carbonyl (C=O) groups excluding carboxylic acids is 1. The van der Waals surface area contributed by atoms with Gasteiger partial charge in [0.25, 0.3) is 0 Å². The van der Waals surface area contributed by atoms with Crippen LogP contribution in [0.5, 0.6) is 17.2 Å². The molecule has 0 spiro atoms.